The van der Waals surface area contributed by atoms with E-state index in [2.05, 4.69) is 20.6 Å². The largest absolute Gasteiger partial charge is 0.305 e. The molecular formula is C22H20FN5O. The molecule has 0 saturated heterocycles. The van der Waals surface area contributed by atoms with Crippen LogP contribution in [0.15, 0.2) is 60.7 Å². The maximum Gasteiger partial charge on any atom is 0.227 e. The van der Waals surface area contributed by atoms with Gasteiger partial charge in [0.05, 0.1) is 12.2 Å². The molecule has 29 heavy (non-hydrogen) atoms. The van der Waals surface area contributed by atoms with E-state index in [0.29, 0.717) is 24.2 Å². The van der Waals surface area contributed by atoms with Gasteiger partial charge in [0, 0.05) is 12.0 Å². The molecule has 0 radical (unpaired) electrons. The van der Waals surface area contributed by atoms with Gasteiger partial charge < -0.3 is 4.90 Å². The van der Waals surface area contributed by atoms with Gasteiger partial charge in [-0.2, -0.15) is 5.21 Å². The third-order valence-electron chi connectivity index (χ3n) is 4.76. The summed E-state index contributed by atoms with van der Waals surface area (Å²) in [6.07, 6.45) is 1.01. The highest BCUT2D eigenvalue weighted by molar-refractivity contribution is 5.94. The van der Waals surface area contributed by atoms with Gasteiger partial charge in [0.1, 0.15) is 5.82 Å². The number of benzene rings is 3. The molecule has 6 nitrogen and oxygen atoms in total. The predicted molar refractivity (Wildman–Crippen MR) is 110 cm³/mol. The second-order valence-electron chi connectivity index (χ2n) is 6.81. The molecular weight excluding hydrogens is 369 g/mol. The van der Waals surface area contributed by atoms with Gasteiger partial charge in [0.2, 0.25) is 11.7 Å². The summed E-state index contributed by atoms with van der Waals surface area (Å²) >= 11 is 0. The Labute approximate surface area is 167 Å². The molecule has 1 aromatic heterocycles. The third kappa shape index (κ3) is 3.99. The number of fused-ring (bicyclic) bond motifs is 1. The zero-order chi connectivity index (χ0) is 20.2. The molecule has 3 aromatic carbocycles. The van der Waals surface area contributed by atoms with E-state index < -0.39 is 5.82 Å². The van der Waals surface area contributed by atoms with Crippen LogP contribution in [0.3, 0.4) is 0 Å². The highest BCUT2D eigenvalue weighted by Gasteiger charge is 2.20. The number of carbonyl (C=O) groups is 1. The van der Waals surface area contributed by atoms with Crippen molar-refractivity contribution >= 4 is 22.4 Å². The summed E-state index contributed by atoms with van der Waals surface area (Å²) in [5.74, 6) is -0.257. The van der Waals surface area contributed by atoms with Gasteiger partial charge in [0.25, 0.3) is 0 Å². The van der Waals surface area contributed by atoms with E-state index >= 15 is 0 Å². The lowest BCUT2D eigenvalue weighted by Gasteiger charge is -2.24. The van der Waals surface area contributed by atoms with E-state index in [0.717, 1.165) is 16.3 Å². The molecule has 0 bridgehead atoms. The van der Waals surface area contributed by atoms with Crippen LogP contribution in [-0.4, -0.2) is 26.5 Å². The first-order chi connectivity index (χ1) is 14.2. The van der Waals surface area contributed by atoms with E-state index in [4.69, 9.17) is 0 Å². The number of amides is 1. The van der Waals surface area contributed by atoms with Crippen molar-refractivity contribution in [2.45, 2.75) is 26.3 Å². The summed E-state index contributed by atoms with van der Waals surface area (Å²) < 4.78 is 14.8. The molecule has 1 amide bonds. The van der Waals surface area contributed by atoms with Crippen LogP contribution in [0.2, 0.25) is 0 Å². The first-order valence-electron chi connectivity index (χ1n) is 9.47. The number of H-pyrrole nitrogens is 1. The van der Waals surface area contributed by atoms with Crippen molar-refractivity contribution in [3.63, 3.8) is 0 Å². The Kier molecular flexibility index (Phi) is 5.29. The topological polar surface area (TPSA) is 74.8 Å². The van der Waals surface area contributed by atoms with Crippen molar-refractivity contribution in [1.29, 1.82) is 0 Å². The fourth-order valence-electron chi connectivity index (χ4n) is 3.32. The molecule has 0 atom stereocenters. The standard InChI is InChI=1S/C22H20FN5O/c1-2-5-21(29)28(14-15-8-9-16-6-3-4-7-17(16)12-15)20-13-18(10-11-19(20)23)22-24-26-27-25-22/h3-4,6-13H,2,5,14H2,1H3,(H,24,25,26,27). The van der Waals surface area contributed by atoms with Crippen molar-refractivity contribution in [2.24, 2.45) is 0 Å². The fraction of sp³-hybridized carbons (Fsp3) is 0.182. The average molecular weight is 389 g/mol. The highest BCUT2D eigenvalue weighted by Crippen LogP contribution is 2.28. The van der Waals surface area contributed by atoms with Crippen molar-refractivity contribution < 1.29 is 9.18 Å². The van der Waals surface area contributed by atoms with Crippen molar-refractivity contribution in [1.82, 2.24) is 20.6 Å². The summed E-state index contributed by atoms with van der Waals surface area (Å²) in [7, 11) is 0. The van der Waals surface area contributed by atoms with Crippen LogP contribution in [0.25, 0.3) is 22.2 Å². The maximum atomic E-state index is 14.8. The van der Waals surface area contributed by atoms with E-state index in [1.54, 1.807) is 12.1 Å². The Balaban J connectivity index is 1.73. The van der Waals surface area contributed by atoms with Crippen molar-refractivity contribution in [3.8, 4) is 11.4 Å². The Morgan fingerprint density at radius 1 is 1.07 bits per heavy atom. The van der Waals surface area contributed by atoms with E-state index in [1.807, 2.05) is 49.4 Å². The Bertz CT molecular complexity index is 1140. The maximum absolute atomic E-state index is 14.8. The summed E-state index contributed by atoms with van der Waals surface area (Å²) in [5.41, 5.74) is 1.72. The molecule has 4 rings (SSSR count). The Hall–Kier alpha value is -3.61. The number of anilines is 1. The number of halogens is 1. The Morgan fingerprint density at radius 3 is 2.66 bits per heavy atom. The van der Waals surface area contributed by atoms with E-state index in [1.165, 1.54) is 11.0 Å². The number of hydrogen-bond donors (Lipinski definition) is 1. The zero-order valence-corrected chi connectivity index (χ0v) is 16.0. The van der Waals surface area contributed by atoms with Crippen LogP contribution in [0, 0.1) is 5.82 Å². The van der Waals surface area contributed by atoms with Gasteiger partial charge in [-0.25, -0.2) is 4.39 Å². The average Bonchev–Trinajstić information content (AvgIpc) is 3.27. The molecule has 1 heterocycles. The second kappa shape index (κ2) is 8.18. The number of aromatic amines is 1. The highest BCUT2D eigenvalue weighted by atomic mass is 19.1. The van der Waals surface area contributed by atoms with Crippen LogP contribution in [-0.2, 0) is 11.3 Å². The first-order valence-corrected chi connectivity index (χ1v) is 9.47. The van der Waals surface area contributed by atoms with Gasteiger partial charge in [-0.1, -0.05) is 43.3 Å². The van der Waals surface area contributed by atoms with E-state index in [-0.39, 0.29) is 18.1 Å². The summed E-state index contributed by atoms with van der Waals surface area (Å²) in [6, 6.07) is 18.5. The lowest BCUT2D eigenvalue weighted by Crippen LogP contribution is -2.31. The number of rotatable bonds is 6. The predicted octanol–water partition coefficient (Wildman–Crippen LogP) is 4.49. The smallest absolute Gasteiger partial charge is 0.227 e. The molecule has 0 unspecified atom stereocenters. The van der Waals surface area contributed by atoms with Crippen LogP contribution in [0.4, 0.5) is 10.1 Å². The van der Waals surface area contributed by atoms with E-state index in [9.17, 15) is 9.18 Å². The lowest BCUT2D eigenvalue weighted by atomic mass is 10.1. The minimum Gasteiger partial charge on any atom is -0.305 e. The third-order valence-corrected chi connectivity index (χ3v) is 4.76. The molecule has 0 aliphatic carbocycles. The quantitative estimate of drug-likeness (QED) is 0.527. The number of tetrazole rings is 1. The second-order valence-corrected chi connectivity index (χ2v) is 6.81. The van der Waals surface area contributed by atoms with Gasteiger partial charge in [-0.15, -0.1) is 10.2 Å². The monoisotopic (exact) mass is 389 g/mol. The lowest BCUT2D eigenvalue weighted by molar-refractivity contribution is -0.118. The summed E-state index contributed by atoms with van der Waals surface area (Å²) in [4.78, 5) is 14.4. The minimum absolute atomic E-state index is 0.134. The minimum atomic E-state index is -0.470. The molecule has 0 spiro atoms. The number of nitrogens with one attached hydrogen (secondary N) is 1. The number of aromatic nitrogens is 4. The zero-order valence-electron chi connectivity index (χ0n) is 16.0. The summed E-state index contributed by atoms with van der Waals surface area (Å²) in [5, 5.41) is 16.0. The van der Waals surface area contributed by atoms with Crippen LogP contribution >= 0.6 is 0 Å². The molecule has 1 N–H and O–H groups in total. The first kappa shape index (κ1) is 18.7. The van der Waals surface area contributed by atoms with Crippen LogP contribution in [0.1, 0.15) is 25.3 Å². The van der Waals surface area contributed by atoms with Gasteiger partial charge in [-0.3, -0.25) is 4.79 Å². The van der Waals surface area contributed by atoms with Gasteiger partial charge >= 0.3 is 0 Å². The Morgan fingerprint density at radius 2 is 1.90 bits per heavy atom. The molecule has 0 saturated carbocycles. The fourth-order valence-corrected chi connectivity index (χ4v) is 3.32. The normalized spacial score (nSPS) is 11.0. The molecule has 7 heteroatoms. The van der Waals surface area contributed by atoms with Crippen molar-refractivity contribution in [2.75, 3.05) is 4.90 Å². The molecule has 0 aliphatic rings. The van der Waals surface area contributed by atoms with Crippen LogP contribution < -0.4 is 4.90 Å². The molecule has 4 aromatic rings. The molecule has 146 valence electrons. The van der Waals surface area contributed by atoms with Crippen LogP contribution in [0.5, 0.6) is 0 Å². The van der Waals surface area contributed by atoms with Gasteiger partial charge in [-0.05, 0) is 52.2 Å². The number of carbonyl (C=O) groups excluding carboxylic acids is 1. The summed E-state index contributed by atoms with van der Waals surface area (Å²) in [6.45, 7) is 2.20. The number of hydrogen-bond acceptors (Lipinski definition) is 4. The molecule has 0 aliphatic heterocycles. The van der Waals surface area contributed by atoms with Crippen molar-refractivity contribution in [3.05, 3.63) is 72.0 Å². The van der Waals surface area contributed by atoms with Gasteiger partial charge in [0.15, 0.2) is 0 Å². The SMILES string of the molecule is CCCC(=O)N(Cc1ccc2ccccc2c1)c1cc(-c2nn[nH]n2)ccc1F. The number of nitrogens with zero attached hydrogens (tertiary/aromatic N) is 4. The molecule has 0 fully saturated rings.